The average Bonchev–Trinajstić information content (AvgIpc) is 1.48. The molecule has 11 heterocycles. The van der Waals surface area contributed by atoms with Gasteiger partial charge in [0.05, 0.1) is 39.7 Å². The maximum Gasteiger partial charge on any atom is 0.324 e. The van der Waals surface area contributed by atoms with Crippen LogP contribution < -0.4 is 38.5 Å². The summed E-state index contributed by atoms with van der Waals surface area (Å²) in [6.45, 7) is 14.0. The number of cyclic esters (lactones) is 1. The Balaban J connectivity index is 0.000000139. The number of primary amides is 2. The molecule has 5 aromatic carbocycles. The van der Waals surface area contributed by atoms with Crippen molar-refractivity contribution < 1.29 is 70.8 Å². The Morgan fingerprint density at radius 3 is 1.36 bits per heavy atom. The van der Waals surface area contributed by atoms with E-state index < -0.39 is 134 Å². The summed E-state index contributed by atoms with van der Waals surface area (Å²) >= 11 is 37.7. The fourth-order valence-corrected chi connectivity index (χ4v) is 26.0. The molecule has 3 aromatic heterocycles. The summed E-state index contributed by atoms with van der Waals surface area (Å²) in [5.74, 6) is -8.09. The molecule has 6 spiro atoms. The number of anilines is 3. The highest BCUT2D eigenvalue weighted by Gasteiger charge is 2.80. The van der Waals surface area contributed by atoms with Crippen LogP contribution in [0.3, 0.4) is 0 Å². The number of aliphatic carboxylic acids is 1. The van der Waals surface area contributed by atoms with E-state index in [-0.39, 0.29) is 130 Å². The van der Waals surface area contributed by atoms with Gasteiger partial charge in [-0.25, -0.2) is 28.1 Å². The van der Waals surface area contributed by atoms with E-state index in [4.69, 9.17) is 101 Å². The van der Waals surface area contributed by atoms with E-state index in [2.05, 4.69) is 82.7 Å². The van der Waals surface area contributed by atoms with Gasteiger partial charge in [0.2, 0.25) is 29.5 Å². The normalized spacial score (nSPS) is 29.9. The lowest BCUT2D eigenvalue weighted by Gasteiger charge is -2.57. The molecule has 12 aliphatic rings. The van der Waals surface area contributed by atoms with Crippen LogP contribution in [0.25, 0.3) is 0 Å². The van der Waals surface area contributed by atoms with Crippen LogP contribution in [0.1, 0.15) is 232 Å². The lowest BCUT2D eigenvalue weighted by molar-refractivity contribution is -0.184. The fraction of sp³-hybridized carbons (Fsp3) is 0.470. The standard InChI is InChI=1S/C38H34Cl2FN3O3.C32H36Cl2FN3O4.C24H24Cl2FN3O3.C6H12N2O2.ClH/c1-36(2)18-20-37(21-19-36)38(25-16-17-27(40)42-33(25)43-35(38)46)28(24-14-9-15-26(39)29(24)41)31-34(45)47-32(23-12-7-4-8-13-23)30(44(31)37)22-10-5-3-6-11-22;1-30(2)10-12-31(13-11-30)15-19(22(39)14-17-6-8-23(27(36)40)42-16-17)25(18-4-3-5-21(33)26(18)35)32(31)20-7-9-24(34)37-28(20)38-29(32)41;1-22(2)8-10-23(11-9-22)24(13-6-7-15(26)28-19(13)29-21(24)33)16(18(30-23)20(31)32)12-4-3-5-14(25)17(12)27;7-4-1-2-5(6(8)9)10-3-4;/h3-17,28,30-32H,18-21H2,1-2H3,(H,42,43,46);3-5,7,9,17,19,23,25H,6,8,10-16H2,1-2H3,(H2,36,40)(H,37,38,41);3-7,16,18,30H,8-11H2,1-2H3,(H,31,32)(H,28,29,33);4-5H,1-3,7H2,(H2,8,9);1H/t28-,30+,31+,32-,38-;17-,19-,23-,25-,32+;16-,18+,24?;4-,5+;/m0001./s1. The number of ether oxygens (including phenoxy) is 3. The van der Waals surface area contributed by atoms with Gasteiger partial charge >= 0.3 is 11.9 Å². The van der Waals surface area contributed by atoms with Crippen LogP contribution in [0.15, 0.2) is 152 Å². The number of Topliss-reactive ketones (excluding diaryl/α,β-unsaturated/α-hetero) is 1. The quantitative estimate of drug-likeness (QED) is 0.0440. The van der Waals surface area contributed by atoms with Gasteiger partial charge < -0.3 is 52.5 Å². The first-order valence-electron chi connectivity index (χ1n) is 45.2. The van der Waals surface area contributed by atoms with Crippen LogP contribution in [-0.4, -0.2) is 127 Å². The van der Waals surface area contributed by atoms with Gasteiger partial charge in [0.15, 0.2) is 0 Å². The zero-order chi connectivity index (χ0) is 94.1. The SMILES string of the molecule is CC1(C)CCC2(CC1)C[C@@H](C(=O)C[C@@H]1CC[C@@H](C(N)=O)OC1)[C@H](c1cccc(Cl)c1F)[C@]21C(=O)Nc2nc(Cl)ccc21.CC1(C)CCC2(CC1)N1[C@H](c3ccccc3)[C@H](c3ccccc3)OC(=O)[C@H]1[C@H](c1cccc(Cl)c1F)[C@@]21C(=O)Nc2nc(Cl)ccc21.CC1(C)CCC2(CC1)N[C@@H](C(=O)O)[C@H](c1cccc(Cl)c1F)C21C(=O)Nc2nc(Cl)ccc21.Cl.NC(=O)[C@@H]1CC[C@@H](N)CO1. The molecule has 133 heavy (non-hydrogen) atoms. The van der Waals surface area contributed by atoms with Crippen LogP contribution >= 0.6 is 82.0 Å². The van der Waals surface area contributed by atoms with Crippen LogP contribution in [0.5, 0.6) is 0 Å². The third-order valence-electron chi connectivity index (χ3n) is 31.5. The van der Waals surface area contributed by atoms with Crippen molar-refractivity contribution in [1.29, 1.82) is 0 Å². The molecule has 20 rings (SSSR count). The van der Waals surface area contributed by atoms with Crippen LogP contribution in [0, 0.1) is 50.9 Å². The third-order valence-corrected chi connectivity index (χ3v) is 33.0. The number of nitrogens with zero attached hydrogens (tertiary/aromatic N) is 4. The van der Waals surface area contributed by atoms with Gasteiger partial charge in [0.25, 0.3) is 0 Å². The number of morpholine rings is 1. The number of pyridine rings is 3. The number of nitrogens with one attached hydrogen (secondary N) is 4. The predicted molar refractivity (Wildman–Crippen MR) is 503 cm³/mol. The second kappa shape index (κ2) is 36.9. The molecule has 23 nitrogen and oxygen atoms in total. The molecule has 9 fully saturated rings. The Hall–Kier alpha value is -8.87. The number of hydrogen-bond acceptors (Lipinski definition) is 17. The van der Waals surface area contributed by atoms with Crippen molar-refractivity contribution in [3.8, 4) is 0 Å². The topological polar surface area (TPSA) is 353 Å². The molecule has 5 amide bonds. The fourth-order valence-electron chi connectivity index (χ4n) is 25.0. The molecular formula is C100H107Cl7F3N11O12. The Kier molecular flexibility index (Phi) is 27.0. The highest BCUT2D eigenvalue weighted by molar-refractivity contribution is 6.32. The second-order valence-electron chi connectivity index (χ2n) is 40.3. The molecule has 5 saturated heterocycles. The maximum atomic E-state index is 16.5. The smallest absolute Gasteiger partial charge is 0.324 e. The number of amides is 5. The number of benzene rings is 5. The minimum atomic E-state index is -1.43. The molecule has 8 aliphatic heterocycles. The minimum Gasteiger partial charge on any atom is -0.480 e. The first-order chi connectivity index (χ1) is 62.7. The van der Waals surface area contributed by atoms with E-state index >= 15 is 18.0 Å². The van der Waals surface area contributed by atoms with Crippen molar-refractivity contribution in [3.05, 3.63) is 244 Å². The van der Waals surface area contributed by atoms with Gasteiger partial charge in [-0.2, -0.15) is 0 Å². The largest absolute Gasteiger partial charge is 0.480 e. The van der Waals surface area contributed by atoms with Gasteiger partial charge in [0.1, 0.15) is 97.4 Å². The van der Waals surface area contributed by atoms with Crippen molar-refractivity contribution >= 4 is 147 Å². The molecule has 15 atom stereocenters. The number of carbonyl (C=O) groups excluding carboxylic acids is 7. The van der Waals surface area contributed by atoms with Crippen LogP contribution in [0.4, 0.5) is 30.6 Å². The average molecular weight is 1960 g/mol. The number of aromatic nitrogens is 3. The Labute approximate surface area is 805 Å². The molecule has 1 unspecified atom stereocenters. The van der Waals surface area contributed by atoms with Gasteiger partial charge in [0, 0.05) is 63.9 Å². The Morgan fingerprint density at radius 2 is 0.902 bits per heavy atom. The number of fused-ring (bicyclic) bond motifs is 11. The van der Waals surface area contributed by atoms with Crippen molar-refractivity contribution in [2.45, 2.75) is 245 Å². The molecule has 11 N–H and O–H groups in total. The molecule has 33 heteroatoms. The summed E-state index contributed by atoms with van der Waals surface area (Å²) in [4.78, 5) is 123. The lowest BCUT2D eigenvalue weighted by atomic mass is 9.51. The molecule has 4 aliphatic carbocycles. The number of esters is 1. The number of halogens is 10. The number of ketones is 1. The van der Waals surface area contributed by atoms with E-state index in [0.717, 1.165) is 56.1 Å². The summed E-state index contributed by atoms with van der Waals surface area (Å²) in [6, 6.07) is 41.5. The summed E-state index contributed by atoms with van der Waals surface area (Å²) in [6.07, 6.45) is 10.1. The summed E-state index contributed by atoms with van der Waals surface area (Å²) in [5.41, 5.74) is 13.7. The van der Waals surface area contributed by atoms with Crippen molar-refractivity contribution in [3.63, 3.8) is 0 Å². The van der Waals surface area contributed by atoms with Gasteiger partial charge in [-0.3, -0.25) is 48.6 Å². The van der Waals surface area contributed by atoms with Crippen LogP contribution in [-0.2, 0) is 68.8 Å². The maximum absolute atomic E-state index is 16.5. The number of rotatable bonds is 11. The first-order valence-corrected chi connectivity index (χ1v) is 47.4. The Bertz CT molecular complexity index is 5900. The van der Waals surface area contributed by atoms with Gasteiger partial charge in [-0.1, -0.05) is 226 Å². The van der Waals surface area contributed by atoms with E-state index in [1.54, 1.807) is 54.6 Å². The minimum absolute atomic E-state index is 0. The van der Waals surface area contributed by atoms with Gasteiger partial charge in [-0.05, 0) is 201 Å². The Morgan fingerprint density at radius 1 is 0.481 bits per heavy atom. The highest BCUT2D eigenvalue weighted by Crippen LogP contribution is 2.75. The zero-order valence-electron chi connectivity index (χ0n) is 74.3. The summed E-state index contributed by atoms with van der Waals surface area (Å²) in [5, 5.41) is 22.9. The molecule has 0 radical (unpaired) electrons. The summed E-state index contributed by atoms with van der Waals surface area (Å²) in [7, 11) is 0. The highest BCUT2D eigenvalue weighted by atomic mass is 35.5. The van der Waals surface area contributed by atoms with E-state index in [1.807, 2.05) is 72.8 Å². The lowest BCUT2D eigenvalue weighted by Crippen LogP contribution is -2.64. The van der Waals surface area contributed by atoms with Crippen LogP contribution in [0.2, 0.25) is 30.5 Å². The zero-order valence-corrected chi connectivity index (χ0v) is 79.6. The predicted octanol–water partition coefficient (Wildman–Crippen LogP) is 19.2. The summed E-state index contributed by atoms with van der Waals surface area (Å²) < 4.78 is 65.3. The van der Waals surface area contributed by atoms with E-state index in [9.17, 15) is 38.7 Å². The van der Waals surface area contributed by atoms with Crippen molar-refractivity contribution in [1.82, 2.24) is 25.2 Å². The molecule has 0 bridgehead atoms. The number of carboxylic acid groups (broad SMARTS) is 1. The number of carbonyl (C=O) groups is 8. The second-order valence-corrected chi connectivity index (χ2v) is 42.7. The van der Waals surface area contributed by atoms with Crippen molar-refractivity contribution in [2.24, 2.45) is 50.7 Å². The van der Waals surface area contributed by atoms with E-state index in [1.165, 1.54) is 24.3 Å². The number of carboxylic acids is 1. The third kappa shape index (κ3) is 16.5. The molecular weight excluding hydrogens is 1850 g/mol. The van der Waals surface area contributed by atoms with Gasteiger partial charge in [-0.15, -0.1) is 12.4 Å². The first kappa shape index (κ1) is 97.2. The molecule has 8 aromatic rings. The number of nitrogens with two attached hydrogens (primary N) is 3. The van der Waals surface area contributed by atoms with E-state index in [0.29, 0.717) is 99.1 Å². The monoisotopic (exact) mass is 1960 g/mol. The molecule has 704 valence electrons. The van der Waals surface area contributed by atoms with Crippen molar-refractivity contribution in [2.75, 3.05) is 29.2 Å². The number of hydrogen-bond donors (Lipinski definition) is 8. The molecule has 4 saturated carbocycles.